The molecule has 1 heterocycles. The number of aromatic nitrogens is 2. The molecule has 0 saturated heterocycles. The highest BCUT2D eigenvalue weighted by Gasteiger charge is 2.18. The van der Waals surface area contributed by atoms with Crippen LogP contribution in [0.5, 0.6) is 0 Å². The fraction of sp³-hybridized carbons (Fsp3) is 0.400. The van der Waals surface area contributed by atoms with Crippen molar-refractivity contribution < 1.29 is 0 Å². The third-order valence-electron chi connectivity index (χ3n) is 3.80. The lowest BCUT2D eigenvalue weighted by Gasteiger charge is -2.14. The first-order valence-electron chi connectivity index (χ1n) is 6.66. The molecule has 0 saturated carbocycles. The standard InChI is InChI=1S/C15H19N3/c1-11-14-4-2-3-5-15(14)18(17-11)13-8-6-12(10-16)7-9-13/h6-9H,2-5,10,16H2,1H3. The Hall–Kier alpha value is -1.61. The van der Waals surface area contributed by atoms with Crippen molar-refractivity contribution >= 4 is 0 Å². The largest absolute Gasteiger partial charge is 0.326 e. The molecule has 1 aliphatic rings. The van der Waals surface area contributed by atoms with Gasteiger partial charge < -0.3 is 5.73 Å². The van der Waals surface area contributed by atoms with E-state index < -0.39 is 0 Å². The number of aryl methyl sites for hydroxylation is 1. The van der Waals surface area contributed by atoms with Gasteiger partial charge in [-0.2, -0.15) is 5.10 Å². The normalized spacial score (nSPS) is 14.6. The van der Waals surface area contributed by atoms with Gasteiger partial charge in [-0.15, -0.1) is 0 Å². The number of benzene rings is 1. The van der Waals surface area contributed by atoms with Gasteiger partial charge in [0.2, 0.25) is 0 Å². The Kier molecular flexibility index (Phi) is 2.92. The second kappa shape index (κ2) is 4.58. The second-order valence-corrected chi connectivity index (χ2v) is 5.00. The lowest BCUT2D eigenvalue weighted by atomic mass is 9.96. The van der Waals surface area contributed by atoms with E-state index in [2.05, 4.69) is 35.9 Å². The SMILES string of the molecule is Cc1nn(-c2ccc(CN)cc2)c2c1CCCC2. The highest BCUT2D eigenvalue weighted by atomic mass is 15.3. The predicted molar refractivity (Wildman–Crippen MR) is 72.8 cm³/mol. The van der Waals surface area contributed by atoms with Gasteiger partial charge in [0, 0.05) is 12.2 Å². The average Bonchev–Trinajstić information content (AvgIpc) is 2.77. The lowest BCUT2D eigenvalue weighted by Crippen LogP contribution is -2.08. The summed E-state index contributed by atoms with van der Waals surface area (Å²) in [5.41, 5.74) is 12.0. The lowest BCUT2D eigenvalue weighted by molar-refractivity contribution is 0.653. The summed E-state index contributed by atoms with van der Waals surface area (Å²) in [5.74, 6) is 0. The Morgan fingerprint density at radius 2 is 1.89 bits per heavy atom. The molecule has 0 fully saturated rings. The summed E-state index contributed by atoms with van der Waals surface area (Å²) in [6, 6.07) is 8.40. The molecule has 0 aliphatic heterocycles. The van der Waals surface area contributed by atoms with Crippen LogP contribution in [-0.2, 0) is 19.4 Å². The second-order valence-electron chi connectivity index (χ2n) is 5.00. The smallest absolute Gasteiger partial charge is 0.0649 e. The van der Waals surface area contributed by atoms with E-state index in [0.717, 1.165) is 17.7 Å². The molecule has 2 N–H and O–H groups in total. The van der Waals surface area contributed by atoms with Gasteiger partial charge in [-0.05, 0) is 55.9 Å². The fourth-order valence-corrected chi connectivity index (χ4v) is 2.77. The Morgan fingerprint density at radius 3 is 2.61 bits per heavy atom. The van der Waals surface area contributed by atoms with Crippen LogP contribution in [0.2, 0.25) is 0 Å². The van der Waals surface area contributed by atoms with Crippen molar-refractivity contribution in [3.63, 3.8) is 0 Å². The summed E-state index contributed by atoms with van der Waals surface area (Å²) in [6.45, 7) is 2.71. The monoisotopic (exact) mass is 241 g/mol. The zero-order chi connectivity index (χ0) is 12.5. The number of rotatable bonds is 2. The maximum absolute atomic E-state index is 5.63. The van der Waals surface area contributed by atoms with E-state index in [-0.39, 0.29) is 0 Å². The van der Waals surface area contributed by atoms with E-state index in [1.54, 1.807) is 0 Å². The molecule has 1 aliphatic carbocycles. The van der Waals surface area contributed by atoms with Crippen molar-refractivity contribution in [2.75, 3.05) is 0 Å². The molecule has 0 amide bonds. The molecule has 3 heteroatoms. The molecule has 0 atom stereocenters. The third kappa shape index (κ3) is 1.85. The van der Waals surface area contributed by atoms with Gasteiger partial charge in [0.1, 0.15) is 0 Å². The fourth-order valence-electron chi connectivity index (χ4n) is 2.77. The molecule has 0 unspecified atom stereocenters. The van der Waals surface area contributed by atoms with Gasteiger partial charge in [-0.3, -0.25) is 0 Å². The van der Waals surface area contributed by atoms with Crippen LogP contribution >= 0.6 is 0 Å². The van der Waals surface area contributed by atoms with Crippen molar-refractivity contribution in [1.29, 1.82) is 0 Å². The van der Waals surface area contributed by atoms with Crippen LogP contribution in [0.25, 0.3) is 5.69 Å². The van der Waals surface area contributed by atoms with Crippen molar-refractivity contribution in [1.82, 2.24) is 9.78 Å². The molecule has 1 aromatic heterocycles. The predicted octanol–water partition coefficient (Wildman–Crippen LogP) is 2.52. The first kappa shape index (κ1) is 11.5. The van der Waals surface area contributed by atoms with E-state index in [1.807, 2.05) is 0 Å². The Balaban J connectivity index is 2.05. The molecule has 0 bridgehead atoms. The average molecular weight is 241 g/mol. The van der Waals surface area contributed by atoms with Crippen LogP contribution in [0.3, 0.4) is 0 Å². The Labute approximate surface area is 108 Å². The molecule has 0 radical (unpaired) electrons. The van der Waals surface area contributed by atoms with Crippen LogP contribution in [0.1, 0.15) is 35.4 Å². The Bertz CT molecular complexity index is 552. The van der Waals surface area contributed by atoms with Crippen LogP contribution in [0, 0.1) is 6.92 Å². The van der Waals surface area contributed by atoms with Crippen LogP contribution in [0.4, 0.5) is 0 Å². The number of nitrogens with two attached hydrogens (primary N) is 1. The summed E-state index contributed by atoms with van der Waals surface area (Å²) in [4.78, 5) is 0. The first-order valence-corrected chi connectivity index (χ1v) is 6.66. The van der Waals surface area contributed by atoms with E-state index >= 15 is 0 Å². The van der Waals surface area contributed by atoms with Gasteiger partial charge in [0.15, 0.2) is 0 Å². The Morgan fingerprint density at radius 1 is 1.17 bits per heavy atom. The minimum absolute atomic E-state index is 0.594. The topological polar surface area (TPSA) is 43.8 Å². The van der Waals surface area contributed by atoms with E-state index in [9.17, 15) is 0 Å². The van der Waals surface area contributed by atoms with Crippen LogP contribution < -0.4 is 5.73 Å². The molecular formula is C15H19N3. The summed E-state index contributed by atoms with van der Waals surface area (Å²) >= 11 is 0. The summed E-state index contributed by atoms with van der Waals surface area (Å²) < 4.78 is 2.12. The van der Waals surface area contributed by atoms with E-state index in [1.165, 1.54) is 36.2 Å². The zero-order valence-electron chi connectivity index (χ0n) is 10.8. The van der Waals surface area contributed by atoms with Crippen molar-refractivity contribution in [3.05, 3.63) is 46.8 Å². The number of fused-ring (bicyclic) bond motifs is 1. The number of hydrogen-bond acceptors (Lipinski definition) is 2. The summed E-state index contributed by atoms with van der Waals surface area (Å²) in [7, 11) is 0. The van der Waals surface area contributed by atoms with Crippen LogP contribution in [0.15, 0.2) is 24.3 Å². The van der Waals surface area contributed by atoms with Crippen molar-refractivity contribution in [2.45, 2.75) is 39.2 Å². The van der Waals surface area contributed by atoms with Crippen LogP contribution in [-0.4, -0.2) is 9.78 Å². The molecule has 3 nitrogen and oxygen atoms in total. The maximum atomic E-state index is 5.63. The molecule has 3 rings (SSSR count). The summed E-state index contributed by atoms with van der Waals surface area (Å²) in [6.07, 6.45) is 4.90. The quantitative estimate of drug-likeness (QED) is 0.878. The highest BCUT2D eigenvalue weighted by molar-refractivity contribution is 5.40. The molecule has 2 aromatic rings. The van der Waals surface area contributed by atoms with E-state index in [4.69, 9.17) is 10.8 Å². The number of nitrogens with zero attached hydrogens (tertiary/aromatic N) is 2. The van der Waals surface area contributed by atoms with Crippen molar-refractivity contribution in [3.8, 4) is 5.69 Å². The van der Waals surface area contributed by atoms with Gasteiger partial charge in [-0.25, -0.2) is 4.68 Å². The van der Waals surface area contributed by atoms with E-state index in [0.29, 0.717) is 6.54 Å². The minimum atomic E-state index is 0.594. The highest BCUT2D eigenvalue weighted by Crippen LogP contribution is 2.26. The molecule has 18 heavy (non-hydrogen) atoms. The summed E-state index contributed by atoms with van der Waals surface area (Å²) in [5, 5.41) is 4.70. The van der Waals surface area contributed by atoms with Gasteiger partial charge in [-0.1, -0.05) is 12.1 Å². The van der Waals surface area contributed by atoms with Crippen molar-refractivity contribution in [2.24, 2.45) is 5.73 Å². The van der Waals surface area contributed by atoms with Gasteiger partial charge in [0.25, 0.3) is 0 Å². The third-order valence-corrected chi connectivity index (χ3v) is 3.80. The maximum Gasteiger partial charge on any atom is 0.0649 e. The minimum Gasteiger partial charge on any atom is -0.326 e. The van der Waals surface area contributed by atoms with Gasteiger partial charge >= 0.3 is 0 Å². The molecule has 0 spiro atoms. The van der Waals surface area contributed by atoms with Gasteiger partial charge in [0.05, 0.1) is 11.4 Å². The molecule has 1 aromatic carbocycles. The molecular weight excluding hydrogens is 222 g/mol. The molecule has 94 valence electrons. The first-order chi connectivity index (χ1) is 8.79. The zero-order valence-corrected chi connectivity index (χ0v) is 10.8. The number of hydrogen-bond donors (Lipinski definition) is 1.